The third-order valence-electron chi connectivity index (χ3n) is 5.75. The van der Waals surface area contributed by atoms with Gasteiger partial charge in [-0.05, 0) is 41.5 Å². The van der Waals surface area contributed by atoms with Gasteiger partial charge in [-0.1, -0.05) is 148 Å². The van der Waals surface area contributed by atoms with Crippen molar-refractivity contribution in [1.82, 2.24) is 0 Å². The lowest BCUT2D eigenvalue weighted by atomic mass is 10.0. The zero-order valence-electron chi connectivity index (χ0n) is 29.2. The van der Waals surface area contributed by atoms with Gasteiger partial charge >= 0.3 is 0 Å². The Morgan fingerprint density at radius 3 is 0.244 bits per heavy atom. The van der Waals surface area contributed by atoms with E-state index < -0.39 is 0 Å². The summed E-state index contributed by atoms with van der Waals surface area (Å²) in [4.78, 5) is 0. The van der Waals surface area contributed by atoms with E-state index in [1.54, 1.807) is 41.5 Å². The molecule has 1 aliphatic carbocycles. The Morgan fingerprint density at radius 1 is 0.195 bits per heavy atom. The summed E-state index contributed by atoms with van der Waals surface area (Å²) >= 11 is 0. The van der Waals surface area contributed by atoms with Gasteiger partial charge in [0.1, 0.15) is 0 Å². The molecule has 1 saturated carbocycles. The summed E-state index contributed by atoms with van der Waals surface area (Å²) in [7, 11) is 0. The Labute approximate surface area is 259 Å². The van der Waals surface area contributed by atoms with Gasteiger partial charge in [0.15, 0.2) is 0 Å². The molecule has 0 bridgehead atoms. The van der Waals surface area contributed by atoms with Gasteiger partial charge in [0.2, 0.25) is 0 Å². The van der Waals surface area contributed by atoms with Gasteiger partial charge in [-0.25, -0.2) is 0 Å². The predicted molar refractivity (Wildman–Crippen MR) is 183 cm³/mol. The van der Waals surface area contributed by atoms with Crippen LogP contribution >= 0.6 is 0 Å². The molecule has 1 fully saturated rings. The van der Waals surface area contributed by atoms with Crippen molar-refractivity contribution in [3.63, 3.8) is 0 Å². The molecule has 6 heteroatoms. The first-order valence-electron chi connectivity index (χ1n) is 17.6. The van der Waals surface area contributed by atoms with E-state index in [9.17, 15) is 0 Å². The van der Waals surface area contributed by atoms with Gasteiger partial charge in [0.25, 0.3) is 0 Å². The molecule has 6 N–H and O–H groups in total. The number of aliphatic hydroxyl groups is 6. The minimum atomic E-state index is 0.250. The van der Waals surface area contributed by atoms with Crippen LogP contribution in [-0.4, -0.2) is 70.3 Å². The number of hydrogen-bond acceptors (Lipinski definition) is 6. The Hall–Kier alpha value is -0.240. The van der Waals surface area contributed by atoms with Crippen LogP contribution in [0.4, 0.5) is 0 Å². The topological polar surface area (TPSA) is 121 Å². The third-order valence-corrected chi connectivity index (χ3v) is 5.75. The molecule has 6 nitrogen and oxygen atoms in total. The van der Waals surface area contributed by atoms with Crippen LogP contribution in [0.25, 0.3) is 0 Å². The molecule has 41 heavy (non-hydrogen) atoms. The van der Waals surface area contributed by atoms with Gasteiger partial charge in [-0.3, -0.25) is 0 Å². The second-order valence-electron chi connectivity index (χ2n) is 10.0. The van der Waals surface area contributed by atoms with E-state index in [0.717, 1.165) is 0 Å². The zero-order valence-corrected chi connectivity index (χ0v) is 29.2. The Bertz CT molecular complexity index is 187. The summed E-state index contributed by atoms with van der Waals surface area (Å²) in [6.07, 6.45) is 34.5. The van der Waals surface area contributed by atoms with Crippen LogP contribution in [0.5, 0.6) is 0 Å². The van der Waals surface area contributed by atoms with Crippen LogP contribution in [0.1, 0.15) is 189 Å². The van der Waals surface area contributed by atoms with E-state index in [1.807, 2.05) is 0 Å². The maximum Gasteiger partial charge on any atom is 0.0402 e. The van der Waals surface area contributed by atoms with Gasteiger partial charge in [-0.15, -0.1) is 0 Å². The van der Waals surface area contributed by atoms with Crippen molar-refractivity contribution in [3.05, 3.63) is 0 Å². The highest BCUT2D eigenvalue weighted by molar-refractivity contribution is 4.52. The lowest BCUT2D eigenvalue weighted by Crippen LogP contribution is -1.84. The van der Waals surface area contributed by atoms with Crippen LogP contribution < -0.4 is 0 Å². The molecule has 0 atom stereocenters. The largest absolute Gasteiger partial charge is 0.397 e. The van der Waals surface area contributed by atoms with E-state index in [1.165, 1.54) is 148 Å². The molecule has 1 aliphatic rings. The summed E-state index contributed by atoms with van der Waals surface area (Å²) < 4.78 is 0. The smallest absolute Gasteiger partial charge is 0.0402 e. The third kappa shape index (κ3) is 109. The van der Waals surface area contributed by atoms with Gasteiger partial charge in [-0.2, -0.15) is 0 Å². The summed E-state index contributed by atoms with van der Waals surface area (Å²) in [6, 6.07) is 0. The Kier molecular flexibility index (Phi) is 93.9. The van der Waals surface area contributed by atoms with E-state index in [2.05, 4.69) is 0 Å². The normalized spacial score (nSPS) is 16.1. The lowest BCUT2D eigenvalue weighted by Gasteiger charge is -2.03. The van der Waals surface area contributed by atoms with Gasteiger partial charge in [0.05, 0.1) is 0 Å². The van der Waals surface area contributed by atoms with Gasteiger partial charge < -0.3 is 30.6 Å². The molecule has 0 aromatic rings. The molecule has 0 amide bonds. The summed E-state index contributed by atoms with van der Waals surface area (Å²) in [5.41, 5.74) is 0. The van der Waals surface area contributed by atoms with Crippen molar-refractivity contribution >= 4 is 0 Å². The minimum absolute atomic E-state index is 0.250. The minimum Gasteiger partial charge on any atom is -0.397 e. The van der Waals surface area contributed by atoms with Crippen LogP contribution in [-0.2, 0) is 0 Å². The monoisotopic (exact) mass is 599 g/mol. The zero-order chi connectivity index (χ0) is 32.5. The highest BCUT2D eigenvalue weighted by Crippen LogP contribution is 2.16. The second-order valence-corrected chi connectivity index (χ2v) is 10.0. The summed E-state index contributed by atoms with van der Waals surface area (Å²) in [5.74, 6) is 0. The summed E-state index contributed by atoms with van der Waals surface area (Å²) in [6.45, 7) is 11.6. The fraction of sp³-hybridized carbons (Fsp3) is 1.00. The van der Waals surface area contributed by atoms with E-state index in [-0.39, 0.29) is 39.6 Å². The van der Waals surface area contributed by atoms with Crippen LogP contribution in [0.15, 0.2) is 0 Å². The number of hydrogen-bond donors (Lipinski definition) is 6. The van der Waals surface area contributed by atoms with Crippen molar-refractivity contribution in [2.24, 2.45) is 0 Å². The van der Waals surface area contributed by atoms with E-state index in [0.29, 0.717) is 0 Å². The lowest BCUT2D eigenvalue weighted by molar-refractivity contribution is 0.318. The van der Waals surface area contributed by atoms with Crippen molar-refractivity contribution < 1.29 is 30.6 Å². The highest BCUT2D eigenvalue weighted by atomic mass is 16.3. The van der Waals surface area contributed by atoms with Gasteiger partial charge in [0, 0.05) is 39.6 Å². The summed E-state index contributed by atoms with van der Waals surface area (Å²) in [5, 5.41) is 45.4. The van der Waals surface area contributed by atoms with Crippen molar-refractivity contribution in [1.29, 1.82) is 0 Å². The quantitative estimate of drug-likeness (QED) is 0.165. The molecular weight excluding hydrogens is 516 g/mol. The fourth-order valence-corrected chi connectivity index (χ4v) is 4.07. The molecule has 0 saturated heterocycles. The van der Waals surface area contributed by atoms with Crippen molar-refractivity contribution in [2.45, 2.75) is 189 Å². The van der Waals surface area contributed by atoms with Crippen LogP contribution in [0, 0.1) is 0 Å². The number of aliphatic hydroxyl groups excluding tert-OH is 6. The maximum atomic E-state index is 7.57. The average Bonchev–Trinajstić information content (AvgIpc) is 2.93. The molecule has 0 radical (unpaired) electrons. The second kappa shape index (κ2) is 72.2. The first kappa shape index (κ1) is 53.3. The maximum absolute atomic E-state index is 7.57. The Balaban J connectivity index is -0.000000139. The molecule has 1 rings (SSSR count). The molecule has 0 spiro atoms. The molecule has 0 aromatic heterocycles. The molecule has 0 heterocycles. The van der Waals surface area contributed by atoms with Crippen molar-refractivity contribution in [3.8, 4) is 0 Å². The predicted octanol–water partition coefficient (Wildman–Crippen LogP) is 8.96. The van der Waals surface area contributed by atoms with Crippen molar-refractivity contribution in [2.75, 3.05) is 39.6 Å². The molecule has 0 aromatic carbocycles. The van der Waals surface area contributed by atoms with Crippen LogP contribution in [0.3, 0.4) is 0 Å². The Morgan fingerprint density at radius 2 is 0.220 bits per heavy atom. The highest BCUT2D eigenvalue weighted by Gasteiger charge is 1.97. The van der Waals surface area contributed by atoms with E-state index >= 15 is 0 Å². The molecule has 0 unspecified atom stereocenters. The molecular formula is C35H82O6. The SMILES string of the molecule is C1CCCCCCCCCCCCCCCCCCCCCC1.CCO.CCO.CCO.CCO.CCO.CCO. The standard InChI is InChI=1S/C23H46.6C2H6O/c1-2-4-6-8-10-12-14-16-18-20-22-23-21-19-17-15-13-11-9-7-5-3-1;6*1-2-3/h1-23H2;6*3H,2H2,1H3. The number of rotatable bonds is 0. The average molecular weight is 599 g/mol. The van der Waals surface area contributed by atoms with E-state index in [4.69, 9.17) is 30.6 Å². The molecule has 0 aliphatic heterocycles. The van der Waals surface area contributed by atoms with Crippen LogP contribution in [0.2, 0.25) is 0 Å². The molecule has 258 valence electrons. The first-order chi connectivity index (χ1) is 20.0. The fourth-order valence-electron chi connectivity index (χ4n) is 4.07. The first-order valence-corrected chi connectivity index (χ1v) is 17.6.